The number of nitrogen functional groups attached to an aromatic ring is 1. The van der Waals surface area contributed by atoms with Crippen LogP contribution in [0.2, 0.25) is 0 Å². The van der Waals surface area contributed by atoms with E-state index in [1.54, 1.807) is 6.21 Å². The monoisotopic (exact) mass is 453 g/mol. The molecule has 11 heteroatoms. The number of benzene rings is 1. The van der Waals surface area contributed by atoms with Crippen molar-refractivity contribution < 1.29 is 9.42 Å². The molecule has 3 rings (SSSR count). The zero-order valence-electron chi connectivity index (χ0n) is 19.8. The average Bonchev–Trinajstić information content (AvgIpc) is 3.36. The minimum atomic E-state index is -0.474. The Morgan fingerprint density at radius 2 is 1.85 bits per heavy atom. The van der Waals surface area contributed by atoms with Gasteiger partial charge in [0.05, 0.1) is 11.9 Å². The summed E-state index contributed by atoms with van der Waals surface area (Å²) in [7, 11) is 0. The molecule has 2 heterocycles. The van der Waals surface area contributed by atoms with Crippen LogP contribution in [0.3, 0.4) is 0 Å². The van der Waals surface area contributed by atoms with E-state index < -0.39 is 5.91 Å². The van der Waals surface area contributed by atoms with Crippen LogP contribution in [-0.2, 0) is 6.54 Å². The minimum absolute atomic E-state index is 0.0639. The van der Waals surface area contributed by atoms with E-state index in [2.05, 4.69) is 62.0 Å². The van der Waals surface area contributed by atoms with E-state index in [0.717, 1.165) is 42.6 Å². The molecule has 176 valence electrons. The Hall–Kier alpha value is -3.60. The van der Waals surface area contributed by atoms with Gasteiger partial charge in [0.25, 0.3) is 5.91 Å². The van der Waals surface area contributed by atoms with Gasteiger partial charge in [-0.2, -0.15) is 9.78 Å². The molecule has 0 atom stereocenters. The van der Waals surface area contributed by atoms with Gasteiger partial charge in [-0.3, -0.25) is 9.69 Å². The van der Waals surface area contributed by atoms with Crippen LogP contribution in [0.1, 0.15) is 65.1 Å². The molecule has 0 spiro atoms. The van der Waals surface area contributed by atoms with Gasteiger partial charge in [-0.15, -0.1) is 5.10 Å². The van der Waals surface area contributed by atoms with E-state index in [0.29, 0.717) is 12.2 Å². The molecule has 3 aromatic rings. The van der Waals surface area contributed by atoms with E-state index in [1.165, 1.54) is 10.2 Å². The Labute approximate surface area is 193 Å². The molecule has 0 saturated carbocycles. The van der Waals surface area contributed by atoms with E-state index in [-0.39, 0.29) is 17.3 Å². The lowest BCUT2D eigenvalue weighted by Crippen LogP contribution is -2.28. The van der Waals surface area contributed by atoms with Gasteiger partial charge in [0.2, 0.25) is 11.6 Å². The molecule has 11 nitrogen and oxygen atoms in total. The third-order valence-corrected chi connectivity index (χ3v) is 5.23. The Morgan fingerprint density at radius 3 is 2.42 bits per heavy atom. The summed E-state index contributed by atoms with van der Waals surface area (Å²) in [6.07, 6.45) is 3.58. The molecule has 0 aliphatic rings. The van der Waals surface area contributed by atoms with Crippen LogP contribution < -0.4 is 11.2 Å². The van der Waals surface area contributed by atoms with E-state index >= 15 is 0 Å². The van der Waals surface area contributed by atoms with Crippen LogP contribution in [-0.4, -0.2) is 55.4 Å². The summed E-state index contributed by atoms with van der Waals surface area (Å²) >= 11 is 0. The van der Waals surface area contributed by atoms with Gasteiger partial charge in [-0.1, -0.05) is 36.8 Å². The summed E-state index contributed by atoms with van der Waals surface area (Å²) in [5, 5.41) is 19.8. The zero-order valence-corrected chi connectivity index (χ0v) is 19.8. The van der Waals surface area contributed by atoms with Crippen molar-refractivity contribution in [1.82, 2.24) is 35.6 Å². The number of amides is 1. The molecule has 0 fully saturated rings. The van der Waals surface area contributed by atoms with Crippen molar-refractivity contribution in [2.75, 3.05) is 18.8 Å². The highest BCUT2D eigenvalue weighted by Crippen LogP contribution is 2.18. The lowest BCUT2D eigenvalue weighted by Gasteiger charge is -2.21. The lowest BCUT2D eigenvalue weighted by atomic mass is 10.0. The number of hydrogen-bond donors (Lipinski definition) is 2. The van der Waals surface area contributed by atoms with Crippen molar-refractivity contribution in [3.05, 3.63) is 45.8 Å². The second-order valence-electron chi connectivity index (χ2n) is 8.06. The summed E-state index contributed by atoms with van der Waals surface area (Å²) < 4.78 is 6.12. The molecule has 2 aromatic heterocycles. The summed E-state index contributed by atoms with van der Waals surface area (Å²) in [6.45, 7) is 12.4. The van der Waals surface area contributed by atoms with Crippen LogP contribution >= 0.6 is 0 Å². The first-order chi connectivity index (χ1) is 15.8. The average molecular weight is 454 g/mol. The Balaban J connectivity index is 1.89. The van der Waals surface area contributed by atoms with Crippen molar-refractivity contribution in [1.29, 1.82) is 0 Å². The van der Waals surface area contributed by atoms with Crippen molar-refractivity contribution in [3.8, 4) is 5.82 Å². The molecule has 0 radical (unpaired) electrons. The number of nitrogens with one attached hydrogen (secondary N) is 1. The second-order valence-corrected chi connectivity index (χ2v) is 8.06. The predicted octanol–water partition coefficient (Wildman–Crippen LogP) is 2.54. The van der Waals surface area contributed by atoms with Crippen LogP contribution in [0.25, 0.3) is 5.82 Å². The van der Waals surface area contributed by atoms with E-state index in [4.69, 9.17) is 10.4 Å². The largest absolute Gasteiger partial charge is 0.378 e. The second kappa shape index (κ2) is 10.8. The third-order valence-electron chi connectivity index (χ3n) is 5.23. The number of aryl methyl sites for hydroxylation is 3. The first kappa shape index (κ1) is 24.1. The highest BCUT2D eigenvalue weighted by atomic mass is 16.6. The molecular formula is C22H31N9O2. The van der Waals surface area contributed by atoms with E-state index in [9.17, 15) is 4.79 Å². The number of nitrogens with zero attached hydrogens (tertiary/aromatic N) is 7. The van der Waals surface area contributed by atoms with Crippen molar-refractivity contribution in [2.24, 2.45) is 5.10 Å². The number of anilines is 1. The number of carbonyl (C=O) groups excluding carboxylic acids is 1. The molecule has 0 saturated heterocycles. The summed E-state index contributed by atoms with van der Waals surface area (Å²) in [5.74, 6) is -0.217. The fraction of sp³-hybridized carbons (Fsp3) is 0.455. The Kier molecular flexibility index (Phi) is 7.88. The number of nitrogens with two attached hydrogens (primary N) is 1. The topological polar surface area (TPSA) is 140 Å². The van der Waals surface area contributed by atoms with Crippen LogP contribution in [0.5, 0.6) is 0 Å². The van der Waals surface area contributed by atoms with Gasteiger partial charge in [-0.25, -0.2) is 10.1 Å². The first-order valence-electron chi connectivity index (χ1n) is 11.0. The van der Waals surface area contributed by atoms with Gasteiger partial charge < -0.3 is 5.73 Å². The van der Waals surface area contributed by atoms with E-state index in [1.807, 2.05) is 20.8 Å². The van der Waals surface area contributed by atoms with Gasteiger partial charge in [0, 0.05) is 12.1 Å². The van der Waals surface area contributed by atoms with Crippen LogP contribution in [0.15, 0.2) is 21.9 Å². The third kappa shape index (κ3) is 5.61. The maximum Gasteiger partial charge on any atom is 0.293 e. The predicted molar refractivity (Wildman–Crippen MR) is 125 cm³/mol. The molecule has 0 bridgehead atoms. The standard InChI is InChI=1S/C22H31N9O2/c1-6-8-30(9-7-2)13-18-19(25-29-31(18)21-20(23)27-33-28-21)22(32)26-24-12-17-15(4)10-14(3)11-16(17)5/h10-12H,6-9,13H2,1-5H3,(H2,23,27)(H,26,32)/b24-12-. The summed E-state index contributed by atoms with van der Waals surface area (Å²) in [5.41, 5.74) is 13.4. The highest BCUT2D eigenvalue weighted by Gasteiger charge is 2.25. The summed E-state index contributed by atoms with van der Waals surface area (Å²) in [6, 6.07) is 4.15. The van der Waals surface area contributed by atoms with Gasteiger partial charge >= 0.3 is 0 Å². The lowest BCUT2D eigenvalue weighted by molar-refractivity contribution is 0.0947. The minimum Gasteiger partial charge on any atom is -0.378 e. The Bertz CT molecular complexity index is 1100. The fourth-order valence-electron chi connectivity index (χ4n) is 3.85. The van der Waals surface area contributed by atoms with Gasteiger partial charge in [0.15, 0.2) is 5.69 Å². The smallest absolute Gasteiger partial charge is 0.293 e. The SMILES string of the molecule is CCCN(CCC)Cc1c(C(=O)N/N=C\c2c(C)cc(C)cc2C)nnn1-c1nonc1N. The van der Waals surface area contributed by atoms with Crippen LogP contribution in [0.4, 0.5) is 5.82 Å². The maximum atomic E-state index is 13.0. The van der Waals surface area contributed by atoms with Crippen molar-refractivity contribution in [3.63, 3.8) is 0 Å². The Morgan fingerprint density at radius 1 is 1.18 bits per heavy atom. The summed E-state index contributed by atoms with van der Waals surface area (Å²) in [4.78, 5) is 15.2. The van der Waals surface area contributed by atoms with Gasteiger partial charge in [0.1, 0.15) is 0 Å². The molecule has 0 aliphatic heterocycles. The molecule has 3 N–H and O–H groups in total. The number of aromatic nitrogens is 5. The van der Waals surface area contributed by atoms with Crippen LogP contribution in [0, 0.1) is 20.8 Å². The number of hydrogen-bond acceptors (Lipinski definition) is 9. The normalized spacial score (nSPS) is 11.6. The maximum absolute atomic E-state index is 13.0. The molecule has 0 aliphatic carbocycles. The molecule has 0 unspecified atom stereocenters. The highest BCUT2D eigenvalue weighted by molar-refractivity contribution is 5.94. The molecular weight excluding hydrogens is 422 g/mol. The first-order valence-corrected chi connectivity index (χ1v) is 11.0. The quantitative estimate of drug-likeness (QED) is 0.352. The number of rotatable bonds is 10. The number of carbonyl (C=O) groups is 1. The van der Waals surface area contributed by atoms with Crippen molar-refractivity contribution >= 4 is 17.9 Å². The van der Waals surface area contributed by atoms with Gasteiger partial charge in [-0.05, 0) is 68.1 Å². The molecule has 33 heavy (non-hydrogen) atoms. The zero-order chi connectivity index (χ0) is 24.0. The molecule has 1 amide bonds. The number of hydrazone groups is 1. The fourth-order valence-corrected chi connectivity index (χ4v) is 3.85. The van der Waals surface area contributed by atoms with Crippen molar-refractivity contribution in [2.45, 2.75) is 54.0 Å². The molecule has 1 aromatic carbocycles.